The molecule has 2 heterocycles. The molecule has 0 radical (unpaired) electrons. The average molecular weight is 405 g/mol. The van der Waals surface area contributed by atoms with Crippen LogP contribution in [0, 0.1) is 20.8 Å². The molecule has 0 amide bonds. The Bertz CT molecular complexity index is 1160. The second-order valence-corrected chi connectivity index (χ2v) is 6.64. The quantitative estimate of drug-likeness (QED) is 0.343. The minimum Gasteiger partial charge on any atom is -0.488 e. The molecule has 2 aromatic heterocycles. The van der Waals surface area contributed by atoms with E-state index in [2.05, 4.69) is 15.3 Å². The first-order chi connectivity index (χ1) is 14.5. The Hall–Kier alpha value is -3.94. The van der Waals surface area contributed by atoms with Crippen molar-refractivity contribution in [3.63, 3.8) is 0 Å². The van der Waals surface area contributed by atoms with Crippen molar-refractivity contribution in [2.24, 2.45) is 0 Å². The number of aromatic nitrogens is 3. The van der Waals surface area contributed by atoms with Crippen LogP contribution in [-0.2, 0) is 6.61 Å². The van der Waals surface area contributed by atoms with Crippen LogP contribution in [0.3, 0.4) is 0 Å². The second-order valence-electron chi connectivity index (χ2n) is 6.64. The molecule has 0 unspecified atom stereocenters. The van der Waals surface area contributed by atoms with Crippen molar-refractivity contribution < 1.29 is 23.3 Å². The normalized spacial score (nSPS) is 10.8. The van der Waals surface area contributed by atoms with Gasteiger partial charge in [0.1, 0.15) is 29.4 Å². The Kier molecular flexibility index (Phi) is 5.30. The Morgan fingerprint density at radius 1 is 0.967 bits per heavy atom. The zero-order valence-electron chi connectivity index (χ0n) is 16.7. The average Bonchev–Trinajstić information content (AvgIpc) is 3.32. The van der Waals surface area contributed by atoms with E-state index in [9.17, 15) is 4.79 Å². The molecule has 8 heteroatoms. The van der Waals surface area contributed by atoms with E-state index in [0.717, 1.165) is 16.8 Å². The first-order valence-electron chi connectivity index (χ1n) is 9.28. The predicted octanol–water partition coefficient (Wildman–Crippen LogP) is 4.45. The molecule has 4 rings (SSSR count). The number of carbonyl (C=O) groups is 1. The maximum atomic E-state index is 12.7. The number of carbonyl (C=O) groups excluding carboxylic acids is 1. The number of hydrogen-bond acceptors (Lipinski definition) is 8. The van der Waals surface area contributed by atoms with Gasteiger partial charge in [-0.1, -0.05) is 22.4 Å². The van der Waals surface area contributed by atoms with Gasteiger partial charge >= 0.3 is 5.97 Å². The summed E-state index contributed by atoms with van der Waals surface area (Å²) in [6.45, 7) is 5.62. The third kappa shape index (κ3) is 4.07. The smallest absolute Gasteiger partial charge is 0.347 e. The molecule has 8 nitrogen and oxygen atoms in total. The zero-order chi connectivity index (χ0) is 21.1. The maximum Gasteiger partial charge on any atom is 0.347 e. The number of esters is 1. The summed E-state index contributed by atoms with van der Waals surface area (Å²) in [5.41, 5.74) is 2.69. The summed E-state index contributed by atoms with van der Waals surface area (Å²) in [5.74, 6) is 1.93. The second kappa shape index (κ2) is 8.20. The van der Waals surface area contributed by atoms with Crippen molar-refractivity contribution in [1.29, 1.82) is 0 Å². The molecule has 2 aromatic carbocycles. The summed E-state index contributed by atoms with van der Waals surface area (Å²) in [5, 5.41) is 7.78. The largest absolute Gasteiger partial charge is 0.488 e. The van der Waals surface area contributed by atoms with Gasteiger partial charge in [0.15, 0.2) is 0 Å². The Balaban J connectivity index is 1.47. The van der Waals surface area contributed by atoms with Crippen molar-refractivity contribution in [2.75, 3.05) is 0 Å². The van der Waals surface area contributed by atoms with Gasteiger partial charge in [0, 0.05) is 12.5 Å². The molecule has 0 aliphatic carbocycles. The number of ether oxygens (including phenoxy) is 2. The molecule has 152 valence electrons. The van der Waals surface area contributed by atoms with Gasteiger partial charge in [-0.05, 0) is 50.2 Å². The van der Waals surface area contributed by atoms with Gasteiger partial charge in [0.25, 0.3) is 0 Å². The van der Waals surface area contributed by atoms with Crippen LogP contribution in [-0.4, -0.2) is 21.3 Å². The molecule has 0 N–H and O–H groups in total. The number of aryl methyl sites for hydroxylation is 3. The van der Waals surface area contributed by atoms with Crippen LogP contribution in [0.25, 0.3) is 11.4 Å². The Morgan fingerprint density at radius 3 is 2.40 bits per heavy atom. The minimum atomic E-state index is -0.521. The molecule has 0 saturated heterocycles. The highest BCUT2D eigenvalue weighted by Crippen LogP contribution is 2.25. The molecule has 0 saturated carbocycles. The molecule has 4 aromatic rings. The first-order valence-corrected chi connectivity index (χ1v) is 9.28. The van der Waals surface area contributed by atoms with Crippen LogP contribution >= 0.6 is 0 Å². The third-order valence-electron chi connectivity index (χ3n) is 4.51. The highest BCUT2D eigenvalue weighted by molar-refractivity contribution is 5.94. The van der Waals surface area contributed by atoms with Crippen molar-refractivity contribution >= 4 is 5.97 Å². The maximum absolute atomic E-state index is 12.7. The van der Waals surface area contributed by atoms with Gasteiger partial charge < -0.3 is 18.5 Å². The summed E-state index contributed by atoms with van der Waals surface area (Å²) >= 11 is 0. The van der Waals surface area contributed by atoms with Gasteiger partial charge in [0.05, 0.1) is 11.3 Å². The number of para-hydroxylation sites is 1. The molecule has 0 aliphatic rings. The zero-order valence-corrected chi connectivity index (χ0v) is 16.7. The van der Waals surface area contributed by atoms with E-state index in [0.29, 0.717) is 34.5 Å². The Morgan fingerprint density at radius 2 is 1.73 bits per heavy atom. The van der Waals surface area contributed by atoms with Crippen LogP contribution in [0.4, 0.5) is 0 Å². The molecule has 0 atom stereocenters. The molecule has 0 bridgehead atoms. The van der Waals surface area contributed by atoms with Crippen LogP contribution in [0.2, 0.25) is 0 Å². The highest BCUT2D eigenvalue weighted by Gasteiger charge is 2.17. The van der Waals surface area contributed by atoms with Gasteiger partial charge in [-0.25, -0.2) is 4.79 Å². The van der Waals surface area contributed by atoms with E-state index >= 15 is 0 Å². The van der Waals surface area contributed by atoms with Crippen LogP contribution in [0.5, 0.6) is 11.5 Å². The number of nitrogens with zero attached hydrogens (tertiary/aromatic N) is 3. The molecule has 0 spiro atoms. The SMILES string of the molecule is Cc1nc(-c2ccc(OC(=O)c3ccccc3OCc3c(C)noc3C)cc2)no1. The lowest BCUT2D eigenvalue weighted by Gasteiger charge is -2.11. The highest BCUT2D eigenvalue weighted by atomic mass is 16.5. The van der Waals surface area contributed by atoms with E-state index in [-0.39, 0.29) is 6.61 Å². The van der Waals surface area contributed by atoms with Crippen molar-refractivity contribution in [3.8, 4) is 22.9 Å². The van der Waals surface area contributed by atoms with E-state index in [4.69, 9.17) is 18.5 Å². The van der Waals surface area contributed by atoms with Crippen molar-refractivity contribution in [1.82, 2.24) is 15.3 Å². The molecule has 30 heavy (non-hydrogen) atoms. The first kappa shape index (κ1) is 19.4. The number of benzene rings is 2. The van der Waals surface area contributed by atoms with E-state index in [1.54, 1.807) is 55.5 Å². The van der Waals surface area contributed by atoms with E-state index in [1.165, 1.54) is 0 Å². The van der Waals surface area contributed by atoms with Gasteiger partial charge in [-0.15, -0.1) is 0 Å². The van der Waals surface area contributed by atoms with Crippen molar-refractivity contribution in [3.05, 3.63) is 77.0 Å². The summed E-state index contributed by atoms with van der Waals surface area (Å²) in [6, 6.07) is 13.8. The predicted molar refractivity (Wildman–Crippen MR) is 106 cm³/mol. The molecule has 0 aliphatic heterocycles. The van der Waals surface area contributed by atoms with Gasteiger partial charge in [-0.3, -0.25) is 0 Å². The Labute approximate surface area is 172 Å². The minimum absolute atomic E-state index is 0.240. The lowest BCUT2D eigenvalue weighted by atomic mass is 10.2. The molecular weight excluding hydrogens is 386 g/mol. The van der Waals surface area contributed by atoms with E-state index < -0.39 is 5.97 Å². The number of rotatable bonds is 6. The summed E-state index contributed by atoms with van der Waals surface area (Å²) in [4.78, 5) is 16.9. The molecular formula is C22H19N3O5. The van der Waals surface area contributed by atoms with Crippen LogP contribution in [0.15, 0.2) is 57.6 Å². The third-order valence-corrected chi connectivity index (χ3v) is 4.51. The van der Waals surface area contributed by atoms with Gasteiger partial charge in [0.2, 0.25) is 11.7 Å². The fourth-order valence-corrected chi connectivity index (χ4v) is 2.87. The van der Waals surface area contributed by atoms with Crippen molar-refractivity contribution in [2.45, 2.75) is 27.4 Å². The summed E-state index contributed by atoms with van der Waals surface area (Å²) in [6.07, 6.45) is 0. The fraction of sp³-hybridized carbons (Fsp3) is 0.182. The lowest BCUT2D eigenvalue weighted by Crippen LogP contribution is -2.11. The monoisotopic (exact) mass is 405 g/mol. The summed E-state index contributed by atoms with van der Waals surface area (Å²) in [7, 11) is 0. The topological polar surface area (TPSA) is 100 Å². The number of hydrogen-bond donors (Lipinski definition) is 0. The van der Waals surface area contributed by atoms with Gasteiger partial charge in [-0.2, -0.15) is 4.98 Å². The standard InChI is InChI=1S/C22H19N3O5/c1-13-19(14(2)29-24-13)12-27-20-7-5-4-6-18(20)22(26)28-17-10-8-16(9-11-17)21-23-15(3)30-25-21/h4-11H,12H2,1-3H3. The lowest BCUT2D eigenvalue weighted by molar-refractivity contribution is 0.0729. The molecule has 0 fully saturated rings. The van der Waals surface area contributed by atoms with Crippen LogP contribution < -0.4 is 9.47 Å². The van der Waals surface area contributed by atoms with E-state index in [1.807, 2.05) is 13.8 Å². The fourth-order valence-electron chi connectivity index (χ4n) is 2.87. The van der Waals surface area contributed by atoms with Crippen LogP contribution in [0.1, 0.15) is 33.3 Å². The summed E-state index contributed by atoms with van der Waals surface area (Å²) < 4.78 is 21.5.